The van der Waals surface area contributed by atoms with Crippen molar-refractivity contribution in [1.29, 1.82) is 0 Å². The minimum absolute atomic E-state index is 0.168. The Hall–Kier alpha value is -0.830. The highest BCUT2D eigenvalue weighted by molar-refractivity contribution is 9.11. The molecule has 1 unspecified atom stereocenters. The lowest BCUT2D eigenvalue weighted by molar-refractivity contribution is 0.504. The van der Waals surface area contributed by atoms with Crippen molar-refractivity contribution in [2.75, 3.05) is 0 Å². The third-order valence-corrected chi connectivity index (χ3v) is 7.03. The molecular formula is C13H12BrF2NO2S2. The lowest BCUT2D eigenvalue weighted by Gasteiger charge is -2.14. The van der Waals surface area contributed by atoms with E-state index in [1.165, 1.54) is 6.07 Å². The van der Waals surface area contributed by atoms with Crippen molar-refractivity contribution in [3.05, 3.63) is 50.8 Å². The fourth-order valence-corrected chi connectivity index (χ4v) is 5.18. The van der Waals surface area contributed by atoms with Crippen LogP contribution in [-0.4, -0.2) is 8.42 Å². The molecule has 21 heavy (non-hydrogen) atoms. The maximum atomic E-state index is 13.2. The van der Waals surface area contributed by atoms with E-state index in [4.69, 9.17) is 0 Å². The first-order chi connectivity index (χ1) is 9.70. The lowest BCUT2D eigenvalue weighted by Crippen LogP contribution is -2.26. The zero-order chi connectivity index (χ0) is 15.8. The summed E-state index contributed by atoms with van der Waals surface area (Å²) in [6.07, 6.45) is 0. The van der Waals surface area contributed by atoms with Crippen molar-refractivity contribution in [3.63, 3.8) is 0 Å². The third kappa shape index (κ3) is 3.68. The van der Waals surface area contributed by atoms with Crippen LogP contribution < -0.4 is 4.72 Å². The molecule has 0 fully saturated rings. The summed E-state index contributed by atoms with van der Waals surface area (Å²) in [5, 5.41) is 0. The molecule has 1 aromatic heterocycles. The normalized spacial score (nSPS) is 13.4. The summed E-state index contributed by atoms with van der Waals surface area (Å²) in [6, 6.07) is 4.18. The first kappa shape index (κ1) is 16.5. The summed E-state index contributed by atoms with van der Waals surface area (Å²) in [5.41, 5.74) is 1.17. The minimum atomic E-state index is -3.71. The van der Waals surface area contributed by atoms with E-state index in [-0.39, 0.29) is 4.21 Å². The van der Waals surface area contributed by atoms with Crippen LogP contribution in [0.1, 0.15) is 24.1 Å². The van der Waals surface area contributed by atoms with Crippen LogP contribution in [0.25, 0.3) is 0 Å². The van der Waals surface area contributed by atoms with Gasteiger partial charge in [0.05, 0.1) is 3.79 Å². The zero-order valence-corrected chi connectivity index (χ0v) is 14.4. The number of nitrogens with one attached hydrogen (secondary N) is 1. The smallest absolute Gasteiger partial charge is 0.206 e. The predicted molar refractivity (Wildman–Crippen MR) is 81.9 cm³/mol. The van der Waals surface area contributed by atoms with Crippen molar-refractivity contribution in [3.8, 4) is 0 Å². The molecule has 3 nitrogen and oxygen atoms in total. The number of hydrogen-bond donors (Lipinski definition) is 1. The number of hydrogen-bond acceptors (Lipinski definition) is 3. The molecule has 1 heterocycles. The zero-order valence-electron chi connectivity index (χ0n) is 11.2. The Bertz CT molecular complexity index is 755. The molecule has 0 aliphatic heterocycles. The van der Waals surface area contributed by atoms with E-state index in [0.717, 1.165) is 32.8 Å². The van der Waals surface area contributed by atoms with Crippen LogP contribution in [0.5, 0.6) is 0 Å². The SMILES string of the molecule is Cc1cc(S(=O)(=O)NC(C)c2ccc(F)c(F)c2)sc1Br. The Kier molecular flexibility index (Phi) is 4.82. The number of rotatable bonds is 4. The molecule has 2 rings (SSSR count). The summed E-state index contributed by atoms with van der Waals surface area (Å²) in [4.78, 5) is 0. The van der Waals surface area contributed by atoms with Gasteiger partial charge in [-0.25, -0.2) is 21.9 Å². The Balaban J connectivity index is 2.25. The van der Waals surface area contributed by atoms with Gasteiger partial charge in [0.2, 0.25) is 0 Å². The van der Waals surface area contributed by atoms with Crippen LogP contribution in [0.2, 0.25) is 0 Å². The van der Waals surface area contributed by atoms with Gasteiger partial charge in [-0.3, -0.25) is 0 Å². The molecule has 0 saturated heterocycles. The monoisotopic (exact) mass is 395 g/mol. The molecule has 1 aromatic carbocycles. The highest BCUT2D eigenvalue weighted by atomic mass is 79.9. The van der Waals surface area contributed by atoms with E-state index >= 15 is 0 Å². The largest absolute Gasteiger partial charge is 0.250 e. The van der Waals surface area contributed by atoms with Crippen LogP contribution >= 0.6 is 27.3 Å². The average Bonchev–Trinajstić information content (AvgIpc) is 2.73. The number of sulfonamides is 1. The third-order valence-electron chi connectivity index (χ3n) is 2.88. The van der Waals surface area contributed by atoms with Gasteiger partial charge in [0.25, 0.3) is 10.0 Å². The van der Waals surface area contributed by atoms with Gasteiger partial charge in [-0.05, 0) is 59.1 Å². The summed E-state index contributed by atoms with van der Waals surface area (Å²) in [6.45, 7) is 3.36. The molecule has 2 aromatic rings. The number of thiophene rings is 1. The molecule has 0 amide bonds. The maximum absolute atomic E-state index is 13.2. The summed E-state index contributed by atoms with van der Waals surface area (Å²) >= 11 is 4.37. The summed E-state index contributed by atoms with van der Waals surface area (Å²) < 4.78 is 53.9. The molecule has 0 bridgehead atoms. The molecule has 0 aliphatic rings. The number of halogens is 3. The van der Waals surface area contributed by atoms with E-state index in [2.05, 4.69) is 20.7 Å². The fraction of sp³-hybridized carbons (Fsp3) is 0.231. The highest BCUT2D eigenvalue weighted by Crippen LogP contribution is 2.31. The molecule has 0 radical (unpaired) electrons. The van der Waals surface area contributed by atoms with Crippen LogP contribution in [0.4, 0.5) is 8.78 Å². The second kappa shape index (κ2) is 6.12. The second-order valence-corrected chi connectivity index (χ2v) is 8.85. The van der Waals surface area contributed by atoms with Gasteiger partial charge in [-0.15, -0.1) is 11.3 Å². The van der Waals surface area contributed by atoms with E-state index in [1.54, 1.807) is 19.9 Å². The van der Waals surface area contributed by atoms with Gasteiger partial charge in [0.15, 0.2) is 11.6 Å². The molecular weight excluding hydrogens is 384 g/mol. The van der Waals surface area contributed by atoms with E-state index in [0.29, 0.717) is 5.56 Å². The van der Waals surface area contributed by atoms with Gasteiger partial charge >= 0.3 is 0 Å². The minimum Gasteiger partial charge on any atom is -0.206 e. The number of aryl methyl sites for hydroxylation is 1. The predicted octanol–water partition coefficient (Wildman–Crippen LogP) is 4.14. The van der Waals surface area contributed by atoms with Crippen molar-refractivity contribution in [2.45, 2.75) is 24.1 Å². The van der Waals surface area contributed by atoms with E-state index in [1.807, 2.05) is 0 Å². The Morgan fingerprint density at radius 2 is 1.90 bits per heavy atom. The van der Waals surface area contributed by atoms with Crippen molar-refractivity contribution < 1.29 is 17.2 Å². The van der Waals surface area contributed by atoms with Crippen LogP contribution in [0.3, 0.4) is 0 Å². The van der Waals surface area contributed by atoms with Gasteiger partial charge < -0.3 is 0 Å². The van der Waals surface area contributed by atoms with Crippen molar-refractivity contribution >= 4 is 37.3 Å². The summed E-state index contributed by atoms with van der Waals surface area (Å²) in [7, 11) is -3.71. The van der Waals surface area contributed by atoms with Crippen molar-refractivity contribution in [2.24, 2.45) is 0 Å². The molecule has 1 atom stereocenters. The van der Waals surface area contributed by atoms with Gasteiger partial charge in [0, 0.05) is 6.04 Å². The van der Waals surface area contributed by atoms with Crippen LogP contribution in [0, 0.1) is 18.6 Å². The fourth-order valence-electron chi connectivity index (χ4n) is 1.70. The average molecular weight is 396 g/mol. The molecule has 8 heteroatoms. The molecule has 1 N–H and O–H groups in total. The Labute approximate surface area is 134 Å². The lowest BCUT2D eigenvalue weighted by atomic mass is 10.1. The van der Waals surface area contributed by atoms with Gasteiger partial charge in [-0.1, -0.05) is 6.07 Å². The highest BCUT2D eigenvalue weighted by Gasteiger charge is 2.22. The van der Waals surface area contributed by atoms with Crippen LogP contribution in [0.15, 0.2) is 32.3 Å². The quantitative estimate of drug-likeness (QED) is 0.845. The Morgan fingerprint density at radius 1 is 1.24 bits per heavy atom. The van der Waals surface area contributed by atoms with E-state index < -0.39 is 27.7 Å². The molecule has 0 spiro atoms. The topological polar surface area (TPSA) is 46.2 Å². The van der Waals surface area contributed by atoms with Gasteiger partial charge in [0.1, 0.15) is 4.21 Å². The second-order valence-electron chi connectivity index (χ2n) is 4.54. The van der Waals surface area contributed by atoms with Crippen molar-refractivity contribution in [1.82, 2.24) is 4.72 Å². The molecule has 114 valence electrons. The Morgan fingerprint density at radius 3 is 2.43 bits per heavy atom. The summed E-state index contributed by atoms with van der Waals surface area (Å²) in [5.74, 6) is -1.97. The first-order valence-electron chi connectivity index (χ1n) is 5.94. The number of benzene rings is 1. The first-order valence-corrected chi connectivity index (χ1v) is 9.03. The van der Waals surface area contributed by atoms with Crippen LogP contribution in [-0.2, 0) is 10.0 Å². The standard InChI is InChI=1S/C13H12BrF2NO2S2/c1-7-5-12(20-13(7)14)21(18,19)17-8(2)9-3-4-10(15)11(16)6-9/h3-6,8,17H,1-2H3. The molecule has 0 saturated carbocycles. The molecule has 0 aliphatic carbocycles. The van der Waals surface area contributed by atoms with E-state index in [9.17, 15) is 17.2 Å². The van der Waals surface area contributed by atoms with Gasteiger partial charge in [-0.2, -0.15) is 0 Å². The maximum Gasteiger partial charge on any atom is 0.250 e.